The summed E-state index contributed by atoms with van der Waals surface area (Å²) < 4.78 is 3.69. The number of ketones is 1. The van der Waals surface area contributed by atoms with Crippen LogP contribution in [0.1, 0.15) is 77.3 Å². The first-order valence-corrected chi connectivity index (χ1v) is 13.3. The third kappa shape index (κ3) is 5.25. The number of Topliss-reactive ketones (excluding diaryl/α,β-unsaturated/α-hetero) is 1. The van der Waals surface area contributed by atoms with Crippen molar-refractivity contribution in [1.82, 2.24) is 24.1 Å². The van der Waals surface area contributed by atoms with E-state index in [-0.39, 0.29) is 17.1 Å². The maximum Gasteiger partial charge on any atom is 0.272 e. The summed E-state index contributed by atoms with van der Waals surface area (Å²) in [5.41, 5.74) is 5.74. The van der Waals surface area contributed by atoms with E-state index in [1.54, 1.807) is 52.1 Å². The third-order valence-corrected chi connectivity index (χ3v) is 7.65. The molecule has 36 heavy (non-hydrogen) atoms. The lowest BCUT2D eigenvalue weighted by Crippen LogP contribution is -2.36. The molecule has 0 aromatic carbocycles. The average Bonchev–Trinajstić information content (AvgIpc) is 3.54. The number of fused-ring (bicyclic) bond motifs is 2. The standard InChI is InChI=1S/C17H14ClN3O2S.C10H18N2/c1-10(22)13-9-24-15-8-20(5-4-12(13)15)17(23)14-6-19-16-3-2-11(18)7-21(14)16;1-6-8-7-9(10(2,3)4)11-12(8)5/h2-3,6-7,9H,4-5,8H2,1H3;7H,6H2,1-5H3. The van der Waals surface area contributed by atoms with Crippen molar-refractivity contribution in [1.29, 1.82) is 0 Å². The topological polar surface area (TPSA) is 72.5 Å². The molecule has 5 rings (SSSR count). The van der Waals surface area contributed by atoms with Crippen LogP contribution in [-0.4, -0.2) is 42.3 Å². The number of nitrogens with zero attached hydrogens (tertiary/aromatic N) is 5. The molecule has 5 heterocycles. The van der Waals surface area contributed by atoms with Gasteiger partial charge in [0, 0.05) is 46.7 Å². The molecule has 0 saturated heterocycles. The molecular weight excluding hydrogens is 494 g/mol. The first kappa shape index (κ1) is 26.1. The third-order valence-electron chi connectivity index (χ3n) is 6.41. The predicted molar refractivity (Wildman–Crippen MR) is 144 cm³/mol. The minimum absolute atomic E-state index is 0.0757. The minimum atomic E-state index is -0.0757. The van der Waals surface area contributed by atoms with Crippen molar-refractivity contribution in [3.05, 3.63) is 74.1 Å². The molecule has 0 N–H and O–H groups in total. The molecule has 0 radical (unpaired) electrons. The van der Waals surface area contributed by atoms with Crippen molar-refractivity contribution >= 4 is 40.3 Å². The van der Waals surface area contributed by atoms with Crippen LogP contribution in [0.25, 0.3) is 5.65 Å². The number of halogens is 1. The Morgan fingerprint density at radius 1 is 1.22 bits per heavy atom. The molecule has 0 aliphatic carbocycles. The number of carbonyl (C=O) groups excluding carboxylic acids is 2. The molecule has 1 amide bonds. The van der Waals surface area contributed by atoms with Gasteiger partial charge >= 0.3 is 0 Å². The van der Waals surface area contributed by atoms with E-state index < -0.39 is 0 Å². The summed E-state index contributed by atoms with van der Waals surface area (Å²) in [5.74, 6) is 0.0110. The normalized spacial score (nSPS) is 13.4. The van der Waals surface area contributed by atoms with Crippen LogP contribution in [-0.2, 0) is 31.8 Å². The van der Waals surface area contributed by atoms with Crippen molar-refractivity contribution < 1.29 is 9.59 Å². The Morgan fingerprint density at radius 3 is 2.58 bits per heavy atom. The Hall–Kier alpha value is -2.97. The van der Waals surface area contributed by atoms with Crippen LogP contribution in [0.4, 0.5) is 0 Å². The molecule has 1 aliphatic rings. The Kier molecular flexibility index (Phi) is 7.38. The van der Waals surface area contributed by atoms with E-state index >= 15 is 0 Å². The molecule has 0 unspecified atom stereocenters. The van der Waals surface area contributed by atoms with Crippen molar-refractivity contribution in [3.8, 4) is 0 Å². The van der Waals surface area contributed by atoms with E-state index in [1.165, 1.54) is 11.4 Å². The van der Waals surface area contributed by atoms with Crippen molar-refractivity contribution in [2.24, 2.45) is 7.05 Å². The largest absolute Gasteiger partial charge is 0.332 e. The fraction of sp³-hybridized carbons (Fsp3) is 0.407. The molecule has 0 atom stereocenters. The number of imidazole rings is 1. The summed E-state index contributed by atoms with van der Waals surface area (Å²) in [6, 6.07) is 5.73. The zero-order valence-electron chi connectivity index (χ0n) is 21.6. The van der Waals surface area contributed by atoms with Crippen LogP contribution < -0.4 is 0 Å². The number of pyridine rings is 1. The number of rotatable bonds is 3. The van der Waals surface area contributed by atoms with Gasteiger partial charge in [-0.25, -0.2) is 4.98 Å². The van der Waals surface area contributed by atoms with E-state index in [0.29, 0.717) is 35.9 Å². The van der Waals surface area contributed by atoms with E-state index in [2.05, 4.69) is 43.8 Å². The Morgan fingerprint density at radius 2 is 1.97 bits per heavy atom. The molecule has 4 aromatic rings. The molecule has 4 aromatic heterocycles. The van der Waals surface area contributed by atoms with Crippen LogP contribution in [0.15, 0.2) is 36.0 Å². The SMILES string of the molecule is CC(=O)c1csc2c1CCN(C(=O)c1cnc3ccc(Cl)cn13)C2.CCc1cc(C(C)(C)C)nn1C. The van der Waals surface area contributed by atoms with Crippen molar-refractivity contribution in [2.45, 2.75) is 59.4 Å². The molecule has 9 heteroatoms. The van der Waals surface area contributed by atoms with Gasteiger partial charge in [0.15, 0.2) is 5.78 Å². The molecule has 7 nitrogen and oxygen atoms in total. The summed E-state index contributed by atoms with van der Waals surface area (Å²) in [5, 5.41) is 6.92. The molecule has 190 valence electrons. The second kappa shape index (κ2) is 10.2. The predicted octanol–water partition coefficient (Wildman–Crippen LogP) is 5.73. The van der Waals surface area contributed by atoms with Crippen LogP contribution in [0.2, 0.25) is 5.02 Å². The number of carbonyl (C=O) groups is 2. The quantitative estimate of drug-likeness (QED) is 0.320. The monoisotopic (exact) mass is 525 g/mol. The van der Waals surface area contributed by atoms with Gasteiger partial charge in [-0.15, -0.1) is 11.3 Å². The lowest BCUT2D eigenvalue weighted by Gasteiger charge is -2.27. The zero-order valence-corrected chi connectivity index (χ0v) is 23.2. The minimum Gasteiger partial charge on any atom is -0.332 e. The summed E-state index contributed by atoms with van der Waals surface area (Å²) in [6.45, 7) is 11.4. The highest BCUT2D eigenvalue weighted by Gasteiger charge is 2.27. The number of amides is 1. The van der Waals surface area contributed by atoms with Crippen LogP contribution in [0, 0.1) is 0 Å². The van der Waals surface area contributed by atoms with Crippen LogP contribution >= 0.6 is 22.9 Å². The zero-order chi connectivity index (χ0) is 26.2. The number of hydrogen-bond acceptors (Lipinski definition) is 5. The van der Waals surface area contributed by atoms with E-state index in [1.807, 2.05) is 17.1 Å². The smallest absolute Gasteiger partial charge is 0.272 e. The van der Waals surface area contributed by atoms with Gasteiger partial charge in [0.2, 0.25) is 0 Å². The number of aryl methyl sites for hydroxylation is 2. The summed E-state index contributed by atoms with van der Waals surface area (Å²) in [6.07, 6.45) is 5.04. The maximum absolute atomic E-state index is 12.9. The van der Waals surface area contributed by atoms with Crippen molar-refractivity contribution in [2.75, 3.05) is 6.54 Å². The summed E-state index contributed by atoms with van der Waals surface area (Å²) in [7, 11) is 2.01. The Labute approximate surface area is 220 Å². The Balaban J connectivity index is 0.000000214. The molecule has 0 fully saturated rings. The van der Waals surface area contributed by atoms with Gasteiger partial charge in [-0.2, -0.15) is 5.10 Å². The first-order chi connectivity index (χ1) is 17.0. The van der Waals surface area contributed by atoms with Crippen molar-refractivity contribution in [3.63, 3.8) is 0 Å². The molecule has 0 bridgehead atoms. The maximum atomic E-state index is 12.9. The molecule has 1 aliphatic heterocycles. The highest BCUT2D eigenvalue weighted by atomic mass is 35.5. The second-order valence-corrected chi connectivity index (χ2v) is 11.5. The van der Waals surface area contributed by atoms with Gasteiger partial charge in [-0.05, 0) is 43.5 Å². The lowest BCUT2D eigenvalue weighted by atomic mass is 9.92. The molecule has 0 saturated carbocycles. The highest BCUT2D eigenvalue weighted by Crippen LogP contribution is 2.30. The molecule has 0 spiro atoms. The second-order valence-electron chi connectivity index (χ2n) is 10.1. The first-order valence-electron chi connectivity index (χ1n) is 12.0. The van der Waals surface area contributed by atoms with Gasteiger partial charge in [0.05, 0.1) is 23.5 Å². The number of aromatic nitrogens is 4. The van der Waals surface area contributed by atoms with E-state index in [9.17, 15) is 9.59 Å². The average molecular weight is 526 g/mol. The van der Waals surface area contributed by atoms with E-state index in [4.69, 9.17) is 11.6 Å². The van der Waals surface area contributed by atoms with Gasteiger partial charge in [0.1, 0.15) is 11.3 Å². The summed E-state index contributed by atoms with van der Waals surface area (Å²) >= 11 is 7.58. The summed E-state index contributed by atoms with van der Waals surface area (Å²) in [4.78, 5) is 31.7. The fourth-order valence-electron chi connectivity index (χ4n) is 4.28. The van der Waals surface area contributed by atoms with Crippen LogP contribution in [0.3, 0.4) is 0 Å². The van der Waals surface area contributed by atoms with Gasteiger partial charge < -0.3 is 4.90 Å². The van der Waals surface area contributed by atoms with E-state index in [0.717, 1.165) is 22.4 Å². The van der Waals surface area contributed by atoms with Gasteiger partial charge in [-0.1, -0.05) is 39.3 Å². The Bertz CT molecular complexity index is 1430. The highest BCUT2D eigenvalue weighted by molar-refractivity contribution is 7.10. The van der Waals surface area contributed by atoms with Crippen LogP contribution in [0.5, 0.6) is 0 Å². The number of thiophene rings is 1. The lowest BCUT2D eigenvalue weighted by molar-refractivity contribution is 0.0730. The molecular formula is C27H32ClN5O2S. The number of hydrogen-bond donors (Lipinski definition) is 0. The van der Waals surface area contributed by atoms with Gasteiger partial charge in [-0.3, -0.25) is 18.7 Å². The fourth-order valence-corrected chi connectivity index (χ4v) is 5.59. The van der Waals surface area contributed by atoms with Gasteiger partial charge in [0.25, 0.3) is 5.91 Å².